The van der Waals surface area contributed by atoms with Crippen molar-refractivity contribution in [3.8, 4) is 11.1 Å². The third-order valence-corrected chi connectivity index (χ3v) is 6.96. The van der Waals surface area contributed by atoms with E-state index in [1.54, 1.807) is 18.2 Å². The summed E-state index contributed by atoms with van der Waals surface area (Å²) in [5, 5.41) is 1.13. The minimum Gasteiger partial charge on any atom is -0.206 e. The SMILES string of the molecule is CCCCCCCc1ccc(-c2ccc3c(F)c(CCc4cc(F)c(C(F)(F)F)c(F)c4)ccc3c2)cc1. The maximum absolute atomic E-state index is 15.2. The lowest BCUT2D eigenvalue weighted by Crippen LogP contribution is -2.12. The summed E-state index contributed by atoms with van der Waals surface area (Å²) in [6.45, 7) is 2.21. The van der Waals surface area contributed by atoms with Crippen LogP contribution in [0.2, 0.25) is 0 Å². The van der Waals surface area contributed by atoms with E-state index in [-0.39, 0.29) is 18.4 Å². The molecule has 0 bridgehead atoms. The van der Waals surface area contributed by atoms with Gasteiger partial charge in [-0.25, -0.2) is 13.2 Å². The topological polar surface area (TPSA) is 0 Å². The molecule has 0 radical (unpaired) electrons. The van der Waals surface area contributed by atoms with Crippen LogP contribution in [-0.2, 0) is 25.4 Å². The second-order valence-corrected chi connectivity index (χ2v) is 9.77. The van der Waals surface area contributed by atoms with Crippen LogP contribution < -0.4 is 0 Å². The fraction of sp³-hybridized carbons (Fsp3) is 0.312. The number of halogens is 6. The van der Waals surface area contributed by atoms with Crippen LogP contribution in [0.4, 0.5) is 26.3 Å². The first kappa shape index (κ1) is 27.7. The zero-order valence-electron chi connectivity index (χ0n) is 21.3. The molecule has 0 aliphatic carbocycles. The smallest absolute Gasteiger partial charge is 0.206 e. The largest absolute Gasteiger partial charge is 0.422 e. The molecule has 0 saturated carbocycles. The lowest BCUT2D eigenvalue weighted by molar-refractivity contribution is -0.142. The minimum atomic E-state index is -5.12. The Hall–Kier alpha value is -3.28. The van der Waals surface area contributed by atoms with Gasteiger partial charge in [-0.3, -0.25) is 0 Å². The second kappa shape index (κ2) is 12.1. The van der Waals surface area contributed by atoms with Crippen molar-refractivity contribution in [2.24, 2.45) is 0 Å². The van der Waals surface area contributed by atoms with Crippen molar-refractivity contribution < 1.29 is 26.3 Å². The average Bonchev–Trinajstić information content (AvgIpc) is 2.87. The van der Waals surface area contributed by atoms with Gasteiger partial charge in [0.05, 0.1) is 0 Å². The first-order valence-electron chi connectivity index (χ1n) is 13.0. The lowest BCUT2D eigenvalue weighted by atomic mass is 9.96. The van der Waals surface area contributed by atoms with Crippen molar-refractivity contribution in [3.63, 3.8) is 0 Å². The van der Waals surface area contributed by atoms with Crippen LogP contribution in [0.1, 0.15) is 61.3 Å². The summed E-state index contributed by atoms with van der Waals surface area (Å²) in [6, 6.07) is 18.6. The normalized spacial score (nSPS) is 11.9. The lowest BCUT2D eigenvalue weighted by Gasteiger charge is -2.12. The van der Waals surface area contributed by atoms with Gasteiger partial charge < -0.3 is 0 Å². The van der Waals surface area contributed by atoms with E-state index in [4.69, 9.17) is 0 Å². The maximum Gasteiger partial charge on any atom is 0.422 e. The molecule has 0 aliphatic heterocycles. The molecule has 6 heteroatoms. The first-order chi connectivity index (χ1) is 18.2. The molecule has 4 aromatic rings. The Morgan fingerprint density at radius 1 is 0.605 bits per heavy atom. The van der Waals surface area contributed by atoms with Crippen molar-refractivity contribution in [1.82, 2.24) is 0 Å². The molecule has 38 heavy (non-hydrogen) atoms. The Balaban J connectivity index is 1.45. The molecule has 0 nitrogen and oxygen atoms in total. The average molecular weight is 529 g/mol. The monoisotopic (exact) mass is 528 g/mol. The highest BCUT2D eigenvalue weighted by Crippen LogP contribution is 2.34. The third-order valence-electron chi connectivity index (χ3n) is 6.96. The summed E-state index contributed by atoms with van der Waals surface area (Å²) in [7, 11) is 0. The van der Waals surface area contributed by atoms with Crippen LogP contribution in [0.25, 0.3) is 21.9 Å². The molecule has 200 valence electrons. The molecule has 0 unspecified atom stereocenters. The second-order valence-electron chi connectivity index (χ2n) is 9.77. The number of alkyl halides is 3. The van der Waals surface area contributed by atoms with Gasteiger partial charge in [0.25, 0.3) is 0 Å². The summed E-state index contributed by atoms with van der Waals surface area (Å²) in [6.07, 6.45) is 2.24. The van der Waals surface area contributed by atoms with Gasteiger partial charge in [-0.15, -0.1) is 0 Å². The molecule has 0 saturated heterocycles. The van der Waals surface area contributed by atoms with E-state index < -0.39 is 29.2 Å². The summed E-state index contributed by atoms with van der Waals surface area (Å²) >= 11 is 0. The number of aryl methyl sites for hydroxylation is 3. The molecule has 0 atom stereocenters. The predicted octanol–water partition coefficient (Wildman–Crippen LogP) is 10.2. The van der Waals surface area contributed by atoms with E-state index in [0.29, 0.717) is 23.1 Å². The van der Waals surface area contributed by atoms with E-state index in [2.05, 4.69) is 31.2 Å². The molecule has 0 heterocycles. The summed E-state index contributed by atoms with van der Waals surface area (Å²) in [4.78, 5) is 0. The molecule has 0 spiro atoms. The van der Waals surface area contributed by atoms with Gasteiger partial charge in [-0.05, 0) is 77.1 Å². The number of fused-ring (bicyclic) bond motifs is 1. The Labute approximate surface area is 219 Å². The van der Waals surface area contributed by atoms with Gasteiger partial charge in [0.15, 0.2) is 0 Å². The quantitative estimate of drug-likeness (QED) is 0.142. The Bertz CT molecular complexity index is 1360. The number of rotatable bonds is 10. The number of benzene rings is 4. The molecular weight excluding hydrogens is 498 g/mol. The zero-order valence-corrected chi connectivity index (χ0v) is 21.3. The molecule has 4 rings (SSSR count). The van der Waals surface area contributed by atoms with E-state index in [0.717, 1.165) is 22.9 Å². The van der Waals surface area contributed by atoms with Gasteiger partial charge in [0.1, 0.15) is 23.0 Å². The highest BCUT2D eigenvalue weighted by Gasteiger charge is 2.37. The fourth-order valence-corrected chi connectivity index (χ4v) is 4.83. The summed E-state index contributed by atoms with van der Waals surface area (Å²) in [5.74, 6) is -3.78. The predicted molar refractivity (Wildman–Crippen MR) is 141 cm³/mol. The van der Waals surface area contributed by atoms with Crippen LogP contribution in [0.3, 0.4) is 0 Å². The number of hydrogen-bond acceptors (Lipinski definition) is 0. The third kappa shape index (κ3) is 6.58. The Morgan fingerprint density at radius 2 is 1.26 bits per heavy atom. The van der Waals surface area contributed by atoms with Gasteiger partial charge in [-0.1, -0.05) is 81.1 Å². The van der Waals surface area contributed by atoms with Gasteiger partial charge >= 0.3 is 6.18 Å². The molecule has 0 aromatic heterocycles. The van der Waals surface area contributed by atoms with Crippen molar-refractivity contribution in [2.45, 2.75) is 64.5 Å². The highest BCUT2D eigenvalue weighted by atomic mass is 19.4. The highest BCUT2D eigenvalue weighted by molar-refractivity contribution is 5.88. The Morgan fingerprint density at radius 3 is 1.92 bits per heavy atom. The summed E-state index contributed by atoms with van der Waals surface area (Å²) in [5.41, 5.74) is 1.76. The van der Waals surface area contributed by atoms with Crippen LogP contribution in [-0.4, -0.2) is 0 Å². The zero-order chi connectivity index (χ0) is 27.3. The van der Waals surface area contributed by atoms with Crippen LogP contribution in [0, 0.1) is 17.5 Å². The number of unbranched alkanes of at least 4 members (excludes halogenated alkanes) is 4. The van der Waals surface area contributed by atoms with E-state index in [1.165, 1.54) is 37.7 Å². The summed E-state index contributed by atoms with van der Waals surface area (Å²) < 4.78 is 81.4. The van der Waals surface area contributed by atoms with Crippen molar-refractivity contribution >= 4 is 10.8 Å². The van der Waals surface area contributed by atoms with Gasteiger partial charge in [-0.2, -0.15) is 13.2 Å². The van der Waals surface area contributed by atoms with Crippen LogP contribution in [0.5, 0.6) is 0 Å². The van der Waals surface area contributed by atoms with Crippen LogP contribution in [0.15, 0.2) is 66.7 Å². The van der Waals surface area contributed by atoms with E-state index >= 15 is 4.39 Å². The standard InChI is InChI=1S/C32H30F6/c1-2-3-4-5-6-7-21-8-11-23(12-9-21)25-16-17-27-26(20-25)15-14-24(31(27)35)13-10-22-18-28(33)30(29(34)19-22)32(36,37)38/h8-9,11-12,14-20H,2-7,10,13H2,1H3. The Kier molecular flexibility index (Phi) is 8.80. The first-order valence-corrected chi connectivity index (χ1v) is 13.0. The van der Waals surface area contributed by atoms with Crippen LogP contribution >= 0.6 is 0 Å². The molecule has 0 N–H and O–H groups in total. The molecule has 0 aliphatic rings. The van der Waals surface area contributed by atoms with E-state index in [9.17, 15) is 22.0 Å². The van der Waals surface area contributed by atoms with Gasteiger partial charge in [0.2, 0.25) is 0 Å². The van der Waals surface area contributed by atoms with Gasteiger partial charge in [0, 0.05) is 5.39 Å². The van der Waals surface area contributed by atoms with Crippen molar-refractivity contribution in [3.05, 3.63) is 106 Å². The van der Waals surface area contributed by atoms with Crippen molar-refractivity contribution in [1.29, 1.82) is 0 Å². The fourth-order valence-electron chi connectivity index (χ4n) is 4.83. The maximum atomic E-state index is 15.2. The minimum absolute atomic E-state index is 0.00254. The van der Waals surface area contributed by atoms with Crippen molar-refractivity contribution in [2.75, 3.05) is 0 Å². The van der Waals surface area contributed by atoms with E-state index in [1.807, 2.05) is 12.1 Å². The molecule has 4 aromatic carbocycles. The molecule has 0 amide bonds. The molecule has 0 fully saturated rings. The number of hydrogen-bond donors (Lipinski definition) is 0. The molecular formula is C32H30F6.